The fourth-order valence-electron chi connectivity index (χ4n) is 4.03. The number of anilines is 1. The van der Waals surface area contributed by atoms with Crippen molar-refractivity contribution in [1.29, 1.82) is 0 Å². The fourth-order valence-corrected chi connectivity index (χ4v) is 5.07. The summed E-state index contributed by atoms with van der Waals surface area (Å²) in [6, 6.07) is 12.4. The van der Waals surface area contributed by atoms with Crippen molar-refractivity contribution in [2.24, 2.45) is 0 Å². The van der Waals surface area contributed by atoms with Gasteiger partial charge in [-0.25, -0.2) is 4.98 Å². The average Bonchev–Trinajstić information content (AvgIpc) is 3.33. The van der Waals surface area contributed by atoms with Crippen molar-refractivity contribution < 1.29 is 9.53 Å². The van der Waals surface area contributed by atoms with Gasteiger partial charge in [0.15, 0.2) is 0 Å². The zero-order valence-corrected chi connectivity index (χ0v) is 19.1. The molecule has 0 atom stereocenters. The van der Waals surface area contributed by atoms with E-state index >= 15 is 0 Å². The van der Waals surface area contributed by atoms with E-state index in [1.54, 1.807) is 11.0 Å². The first-order valence-electron chi connectivity index (χ1n) is 11.2. The van der Waals surface area contributed by atoms with Crippen molar-refractivity contribution >= 4 is 33.1 Å². The molecular formula is C24H24N6O2S. The second kappa shape index (κ2) is 8.24. The van der Waals surface area contributed by atoms with Crippen LogP contribution in [0.5, 0.6) is 0 Å². The van der Waals surface area contributed by atoms with Gasteiger partial charge in [0.05, 0.1) is 51.6 Å². The number of hydrogen-bond acceptors (Lipinski definition) is 7. The number of aryl methyl sites for hydroxylation is 1. The SMILES string of the molecule is Cc1cccc(-n2ncc(-c3cc(N4CCOCC4)c4sc(C(=O)NC5CC5)cc4n3)n2)c1. The molecule has 2 fully saturated rings. The van der Waals surface area contributed by atoms with Crippen LogP contribution in [0, 0.1) is 6.92 Å². The van der Waals surface area contributed by atoms with E-state index in [1.165, 1.54) is 11.3 Å². The van der Waals surface area contributed by atoms with Crippen LogP contribution in [-0.4, -0.2) is 58.2 Å². The molecule has 168 valence electrons. The first-order chi connectivity index (χ1) is 16.1. The number of benzene rings is 1. The number of pyridine rings is 1. The molecule has 1 amide bonds. The molecule has 3 aromatic heterocycles. The predicted octanol–water partition coefficient (Wildman–Crippen LogP) is 3.58. The van der Waals surface area contributed by atoms with E-state index in [-0.39, 0.29) is 5.91 Å². The first-order valence-corrected chi connectivity index (χ1v) is 12.0. The summed E-state index contributed by atoms with van der Waals surface area (Å²) in [5, 5.41) is 12.3. The van der Waals surface area contributed by atoms with Crippen molar-refractivity contribution in [1.82, 2.24) is 25.3 Å². The van der Waals surface area contributed by atoms with E-state index in [1.807, 2.05) is 37.3 Å². The van der Waals surface area contributed by atoms with Crippen LogP contribution in [-0.2, 0) is 4.74 Å². The van der Waals surface area contributed by atoms with Gasteiger partial charge in [0.25, 0.3) is 5.91 Å². The summed E-state index contributed by atoms with van der Waals surface area (Å²) in [6.45, 7) is 5.02. The highest BCUT2D eigenvalue weighted by molar-refractivity contribution is 7.21. The van der Waals surface area contributed by atoms with Crippen LogP contribution in [0.15, 0.2) is 42.6 Å². The number of ether oxygens (including phenoxy) is 1. The zero-order chi connectivity index (χ0) is 22.4. The van der Waals surface area contributed by atoms with Gasteiger partial charge in [-0.3, -0.25) is 4.79 Å². The van der Waals surface area contributed by atoms with Crippen LogP contribution in [0.3, 0.4) is 0 Å². The highest BCUT2D eigenvalue weighted by Crippen LogP contribution is 2.37. The Balaban J connectivity index is 1.42. The molecule has 1 aromatic carbocycles. The topological polar surface area (TPSA) is 85.2 Å². The molecule has 4 aromatic rings. The molecule has 1 saturated carbocycles. The lowest BCUT2D eigenvalue weighted by Crippen LogP contribution is -2.36. The van der Waals surface area contributed by atoms with Gasteiger partial charge >= 0.3 is 0 Å². The van der Waals surface area contributed by atoms with Gasteiger partial charge in [0.2, 0.25) is 0 Å². The Bertz CT molecular complexity index is 1340. The monoisotopic (exact) mass is 460 g/mol. The van der Waals surface area contributed by atoms with E-state index in [2.05, 4.69) is 21.4 Å². The minimum atomic E-state index is -0.0135. The molecule has 8 nitrogen and oxygen atoms in total. The van der Waals surface area contributed by atoms with Crippen molar-refractivity contribution in [3.63, 3.8) is 0 Å². The number of aromatic nitrogens is 4. The number of hydrogen-bond donors (Lipinski definition) is 1. The Morgan fingerprint density at radius 2 is 2.00 bits per heavy atom. The van der Waals surface area contributed by atoms with E-state index < -0.39 is 0 Å². The molecule has 0 unspecified atom stereocenters. The third-order valence-corrected chi connectivity index (χ3v) is 7.08. The van der Waals surface area contributed by atoms with Crippen molar-refractivity contribution in [3.8, 4) is 17.1 Å². The average molecular weight is 461 g/mol. The smallest absolute Gasteiger partial charge is 0.261 e. The van der Waals surface area contributed by atoms with E-state index in [9.17, 15) is 4.79 Å². The molecular weight excluding hydrogens is 436 g/mol. The Morgan fingerprint density at radius 3 is 2.79 bits per heavy atom. The van der Waals surface area contributed by atoms with Crippen LogP contribution in [0.1, 0.15) is 28.1 Å². The number of carbonyl (C=O) groups is 1. The normalized spacial score (nSPS) is 16.3. The standard InChI is InChI=1S/C24H24N6O2S/c1-15-3-2-4-17(11-15)30-25-14-20(28-30)18-12-21(29-7-9-32-10-8-29)23-19(27-18)13-22(33-23)24(31)26-16-5-6-16/h2-4,11-14,16H,5-10H2,1H3,(H,26,31). The van der Waals surface area contributed by atoms with Gasteiger partial charge in [0.1, 0.15) is 5.69 Å². The quantitative estimate of drug-likeness (QED) is 0.490. The van der Waals surface area contributed by atoms with Gasteiger partial charge in [-0.2, -0.15) is 9.90 Å². The molecule has 1 aliphatic heterocycles. The minimum absolute atomic E-state index is 0.0135. The number of fused-ring (bicyclic) bond motifs is 1. The Kier molecular flexibility index (Phi) is 5.07. The minimum Gasteiger partial charge on any atom is -0.378 e. The molecule has 4 heterocycles. The number of morpholine rings is 1. The highest BCUT2D eigenvalue weighted by atomic mass is 32.1. The van der Waals surface area contributed by atoms with Crippen LogP contribution in [0.25, 0.3) is 27.3 Å². The molecule has 1 N–H and O–H groups in total. The van der Waals surface area contributed by atoms with E-state index in [0.717, 1.165) is 58.8 Å². The number of thiophene rings is 1. The van der Waals surface area contributed by atoms with Crippen LogP contribution < -0.4 is 10.2 Å². The maximum atomic E-state index is 12.7. The molecule has 0 radical (unpaired) electrons. The van der Waals surface area contributed by atoms with E-state index in [0.29, 0.717) is 29.8 Å². The number of amides is 1. The van der Waals surface area contributed by atoms with E-state index in [4.69, 9.17) is 14.8 Å². The summed E-state index contributed by atoms with van der Waals surface area (Å²) in [5.74, 6) is -0.0135. The molecule has 0 spiro atoms. The number of carbonyl (C=O) groups excluding carboxylic acids is 1. The Morgan fingerprint density at radius 1 is 1.15 bits per heavy atom. The molecule has 2 aliphatic rings. The number of nitrogens with zero attached hydrogens (tertiary/aromatic N) is 5. The van der Waals surface area contributed by atoms with Crippen LogP contribution >= 0.6 is 11.3 Å². The molecule has 9 heteroatoms. The fraction of sp³-hybridized carbons (Fsp3) is 0.333. The largest absolute Gasteiger partial charge is 0.378 e. The van der Waals surface area contributed by atoms with Crippen LogP contribution in [0.2, 0.25) is 0 Å². The molecule has 6 rings (SSSR count). The second-order valence-electron chi connectivity index (χ2n) is 8.56. The predicted molar refractivity (Wildman–Crippen MR) is 128 cm³/mol. The maximum absolute atomic E-state index is 12.7. The number of rotatable bonds is 5. The van der Waals surface area contributed by atoms with Gasteiger partial charge in [-0.1, -0.05) is 12.1 Å². The number of nitrogens with one attached hydrogen (secondary N) is 1. The van der Waals surface area contributed by atoms with Crippen molar-refractivity contribution in [3.05, 3.63) is 53.0 Å². The van der Waals surface area contributed by atoms with Gasteiger partial charge in [-0.15, -0.1) is 16.4 Å². The van der Waals surface area contributed by atoms with Crippen molar-refractivity contribution in [2.45, 2.75) is 25.8 Å². The molecule has 1 saturated heterocycles. The second-order valence-corrected chi connectivity index (χ2v) is 9.61. The zero-order valence-electron chi connectivity index (χ0n) is 18.3. The first kappa shape index (κ1) is 20.3. The van der Waals surface area contributed by atoms with Gasteiger partial charge < -0.3 is 15.0 Å². The highest BCUT2D eigenvalue weighted by Gasteiger charge is 2.26. The summed E-state index contributed by atoms with van der Waals surface area (Å²) < 4.78 is 6.58. The lowest BCUT2D eigenvalue weighted by Gasteiger charge is -2.29. The lowest BCUT2D eigenvalue weighted by molar-refractivity contribution is 0.0955. The van der Waals surface area contributed by atoms with Crippen LogP contribution in [0.4, 0.5) is 5.69 Å². The Hall–Kier alpha value is -3.30. The van der Waals surface area contributed by atoms with Gasteiger partial charge in [-0.05, 0) is 49.6 Å². The maximum Gasteiger partial charge on any atom is 0.261 e. The third kappa shape index (κ3) is 4.09. The Labute approximate surface area is 195 Å². The summed E-state index contributed by atoms with van der Waals surface area (Å²) in [4.78, 5) is 22.2. The summed E-state index contributed by atoms with van der Waals surface area (Å²) in [7, 11) is 0. The third-order valence-electron chi connectivity index (χ3n) is 5.93. The molecule has 1 aliphatic carbocycles. The summed E-state index contributed by atoms with van der Waals surface area (Å²) >= 11 is 1.50. The summed E-state index contributed by atoms with van der Waals surface area (Å²) in [5.41, 5.74) is 5.38. The van der Waals surface area contributed by atoms with Gasteiger partial charge in [0, 0.05) is 19.1 Å². The molecule has 0 bridgehead atoms. The molecule has 33 heavy (non-hydrogen) atoms. The summed E-state index contributed by atoms with van der Waals surface area (Å²) in [6.07, 6.45) is 3.87. The van der Waals surface area contributed by atoms with Crippen molar-refractivity contribution in [2.75, 3.05) is 31.2 Å². The lowest BCUT2D eigenvalue weighted by atomic mass is 10.2.